The molecule has 0 spiro atoms. The second-order valence-electron chi connectivity index (χ2n) is 6.28. The first-order valence-electron chi connectivity index (χ1n) is 6.66. The van der Waals surface area contributed by atoms with Crippen molar-refractivity contribution in [3.63, 3.8) is 0 Å². The normalized spacial score (nSPS) is 28.8. The van der Waals surface area contributed by atoms with Crippen LogP contribution in [0, 0.1) is 5.41 Å². The summed E-state index contributed by atoms with van der Waals surface area (Å²) in [6.07, 6.45) is 5.14. The fraction of sp³-hybridized carbons (Fsp3) is 0.375. The standard InChI is InChI=1S/C16H18O3S/c1-15(2,3)12-9-10-16(14(11-12)19-16)20(17,18)13-7-5-4-6-8-13/h4-11,14H,1-3H3. The molecular formula is C16H18O3S. The van der Waals surface area contributed by atoms with Crippen LogP contribution >= 0.6 is 0 Å². The summed E-state index contributed by atoms with van der Waals surface area (Å²) in [6.45, 7) is 6.30. The zero-order valence-electron chi connectivity index (χ0n) is 11.8. The van der Waals surface area contributed by atoms with Crippen molar-refractivity contribution in [2.45, 2.75) is 36.7 Å². The maximum absolute atomic E-state index is 12.7. The molecular weight excluding hydrogens is 272 g/mol. The minimum absolute atomic E-state index is 0.00881. The van der Waals surface area contributed by atoms with Gasteiger partial charge in [0.25, 0.3) is 0 Å². The minimum atomic E-state index is -3.51. The van der Waals surface area contributed by atoms with Gasteiger partial charge in [-0.3, -0.25) is 0 Å². The molecule has 1 fully saturated rings. The number of hydrogen-bond acceptors (Lipinski definition) is 3. The number of rotatable bonds is 2. The largest absolute Gasteiger partial charge is 0.341 e. The maximum atomic E-state index is 12.7. The molecule has 1 aliphatic carbocycles. The van der Waals surface area contributed by atoms with E-state index in [4.69, 9.17) is 4.74 Å². The highest BCUT2D eigenvalue weighted by molar-refractivity contribution is 7.93. The van der Waals surface area contributed by atoms with Crippen LogP contribution < -0.4 is 0 Å². The molecule has 3 nitrogen and oxygen atoms in total. The zero-order chi connectivity index (χ0) is 14.6. The van der Waals surface area contributed by atoms with Gasteiger partial charge in [-0.05, 0) is 35.3 Å². The number of hydrogen-bond donors (Lipinski definition) is 0. The van der Waals surface area contributed by atoms with Gasteiger partial charge in [-0.25, -0.2) is 8.42 Å². The van der Waals surface area contributed by atoms with Crippen LogP contribution in [0.15, 0.2) is 59.0 Å². The summed E-state index contributed by atoms with van der Waals surface area (Å²) in [7, 11) is -3.51. The zero-order valence-corrected chi connectivity index (χ0v) is 12.6. The molecule has 1 heterocycles. The Hall–Kier alpha value is -1.39. The van der Waals surface area contributed by atoms with Crippen molar-refractivity contribution in [1.29, 1.82) is 0 Å². The van der Waals surface area contributed by atoms with Crippen molar-refractivity contribution >= 4 is 9.84 Å². The molecule has 1 aromatic rings. The number of ether oxygens (including phenoxy) is 1. The van der Waals surface area contributed by atoms with Crippen LogP contribution in [0.25, 0.3) is 0 Å². The third-order valence-electron chi connectivity index (χ3n) is 3.82. The highest BCUT2D eigenvalue weighted by atomic mass is 32.2. The summed E-state index contributed by atoms with van der Waals surface area (Å²) < 4.78 is 31.0. The molecule has 0 radical (unpaired) electrons. The van der Waals surface area contributed by atoms with Crippen molar-refractivity contribution < 1.29 is 13.2 Å². The molecule has 1 saturated heterocycles. The molecule has 1 aromatic carbocycles. The summed E-state index contributed by atoms with van der Waals surface area (Å²) in [4.78, 5) is -0.886. The molecule has 1 aliphatic heterocycles. The number of benzene rings is 1. The molecule has 3 rings (SSSR count). The van der Waals surface area contributed by atoms with Gasteiger partial charge in [0, 0.05) is 0 Å². The number of allylic oxidation sites excluding steroid dienone is 2. The first-order valence-corrected chi connectivity index (χ1v) is 8.15. The molecule has 106 valence electrons. The maximum Gasteiger partial charge on any atom is 0.222 e. The first-order chi connectivity index (χ1) is 9.27. The molecule has 0 bridgehead atoms. The van der Waals surface area contributed by atoms with Gasteiger partial charge < -0.3 is 4.74 Å². The Morgan fingerprint density at radius 2 is 1.80 bits per heavy atom. The Morgan fingerprint density at radius 1 is 1.15 bits per heavy atom. The highest BCUT2D eigenvalue weighted by Gasteiger charge is 2.65. The van der Waals surface area contributed by atoms with Gasteiger partial charge in [-0.15, -0.1) is 0 Å². The lowest BCUT2D eigenvalue weighted by atomic mass is 9.83. The van der Waals surface area contributed by atoms with E-state index in [-0.39, 0.29) is 11.5 Å². The van der Waals surface area contributed by atoms with Crippen molar-refractivity contribution in [3.05, 3.63) is 54.1 Å². The first kappa shape index (κ1) is 13.6. The van der Waals surface area contributed by atoms with Crippen LogP contribution in [-0.2, 0) is 14.6 Å². The molecule has 20 heavy (non-hydrogen) atoms. The van der Waals surface area contributed by atoms with Crippen LogP contribution in [0.2, 0.25) is 0 Å². The Morgan fingerprint density at radius 3 is 2.35 bits per heavy atom. The van der Waals surface area contributed by atoms with Gasteiger partial charge in [-0.2, -0.15) is 0 Å². The van der Waals surface area contributed by atoms with E-state index in [1.54, 1.807) is 36.4 Å². The van der Waals surface area contributed by atoms with E-state index in [1.165, 1.54) is 0 Å². The van der Waals surface area contributed by atoms with Gasteiger partial charge in [0.05, 0.1) is 4.90 Å². The van der Waals surface area contributed by atoms with E-state index >= 15 is 0 Å². The van der Waals surface area contributed by atoms with Crippen LogP contribution in [0.4, 0.5) is 0 Å². The summed E-state index contributed by atoms with van der Waals surface area (Å²) >= 11 is 0. The lowest BCUT2D eigenvalue weighted by Gasteiger charge is -2.23. The third-order valence-corrected chi connectivity index (χ3v) is 6.01. The van der Waals surface area contributed by atoms with E-state index in [9.17, 15) is 8.42 Å². The fourth-order valence-corrected chi connectivity index (χ4v) is 4.20. The molecule has 0 amide bonds. The lowest BCUT2D eigenvalue weighted by Crippen LogP contribution is -2.27. The summed E-state index contributed by atoms with van der Waals surface area (Å²) in [5, 5.41) is 0. The summed E-state index contributed by atoms with van der Waals surface area (Å²) in [6, 6.07) is 8.48. The third kappa shape index (κ3) is 1.86. The average molecular weight is 290 g/mol. The van der Waals surface area contributed by atoms with Gasteiger partial charge in [0.2, 0.25) is 14.8 Å². The predicted octanol–water partition coefficient (Wildman–Crippen LogP) is 3.10. The smallest absolute Gasteiger partial charge is 0.222 e. The number of sulfone groups is 1. The van der Waals surface area contributed by atoms with E-state index in [2.05, 4.69) is 20.8 Å². The highest BCUT2D eigenvalue weighted by Crippen LogP contribution is 2.51. The molecule has 2 unspecified atom stereocenters. The molecule has 2 aliphatic rings. The van der Waals surface area contributed by atoms with Gasteiger partial charge in [-0.1, -0.05) is 45.0 Å². The fourth-order valence-electron chi connectivity index (χ4n) is 2.46. The second-order valence-corrected chi connectivity index (χ2v) is 8.40. The second kappa shape index (κ2) is 4.06. The van der Waals surface area contributed by atoms with E-state index < -0.39 is 14.8 Å². The summed E-state index contributed by atoms with van der Waals surface area (Å²) in [5.74, 6) is 0. The number of epoxide rings is 1. The molecule has 4 heteroatoms. The van der Waals surface area contributed by atoms with E-state index in [0.29, 0.717) is 4.90 Å². The van der Waals surface area contributed by atoms with Crippen LogP contribution in [0.3, 0.4) is 0 Å². The average Bonchev–Trinajstić information content (AvgIpc) is 3.14. The van der Waals surface area contributed by atoms with Crippen molar-refractivity contribution in [2.75, 3.05) is 0 Å². The minimum Gasteiger partial charge on any atom is -0.341 e. The Labute approximate surface area is 119 Å². The van der Waals surface area contributed by atoms with Crippen molar-refractivity contribution in [2.24, 2.45) is 5.41 Å². The Balaban J connectivity index is 1.97. The van der Waals surface area contributed by atoms with Gasteiger partial charge >= 0.3 is 0 Å². The van der Waals surface area contributed by atoms with E-state index in [0.717, 1.165) is 5.57 Å². The molecule has 0 saturated carbocycles. The quantitative estimate of drug-likeness (QED) is 0.786. The van der Waals surface area contributed by atoms with Crippen molar-refractivity contribution in [3.8, 4) is 0 Å². The van der Waals surface area contributed by atoms with Crippen molar-refractivity contribution in [1.82, 2.24) is 0 Å². The van der Waals surface area contributed by atoms with E-state index in [1.807, 2.05) is 12.2 Å². The van der Waals surface area contributed by atoms with Gasteiger partial charge in [0.1, 0.15) is 6.10 Å². The van der Waals surface area contributed by atoms with Crippen LogP contribution in [0.1, 0.15) is 20.8 Å². The van der Waals surface area contributed by atoms with Gasteiger partial charge in [0.15, 0.2) is 0 Å². The molecule has 2 atom stereocenters. The molecule has 0 aromatic heterocycles. The topological polar surface area (TPSA) is 46.7 Å². The Bertz CT molecular complexity index is 693. The lowest BCUT2D eigenvalue weighted by molar-refractivity contribution is 0.386. The Kier molecular flexibility index (Phi) is 2.76. The summed E-state index contributed by atoms with van der Waals surface area (Å²) in [5.41, 5.74) is 1.10. The van der Waals surface area contributed by atoms with Crippen LogP contribution in [-0.4, -0.2) is 19.5 Å². The monoisotopic (exact) mass is 290 g/mol. The molecule has 0 N–H and O–H groups in total. The van der Waals surface area contributed by atoms with Crippen LogP contribution in [0.5, 0.6) is 0 Å². The number of fused-ring (bicyclic) bond motifs is 1. The SMILES string of the molecule is CC(C)(C)C1=CC2OC2(S(=O)(=O)c2ccccc2)C=C1. The predicted molar refractivity (Wildman–Crippen MR) is 77.9 cm³/mol.